The van der Waals surface area contributed by atoms with E-state index >= 15 is 0 Å². The van der Waals surface area contributed by atoms with E-state index in [4.69, 9.17) is 16.3 Å². The van der Waals surface area contributed by atoms with Gasteiger partial charge in [-0.2, -0.15) is 0 Å². The molecule has 0 unspecified atom stereocenters. The predicted octanol–water partition coefficient (Wildman–Crippen LogP) is 4.39. The predicted molar refractivity (Wildman–Crippen MR) is 116 cm³/mol. The lowest BCUT2D eigenvalue weighted by Crippen LogP contribution is -2.34. The van der Waals surface area contributed by atoms with Crippen LogP contribution in [-0.4, -0.2) is 36.9 Å². The maximum atomic E-state index is 12.4. The average molecular weight is 411 g/mol. The molecule has 0 aliphatic carbocycles. The molecule has 29 heavy (non-hydrogen) atoms. The molecule has 0 fully saturated rings. The van der Waals surface area contributed by atoms with E-state index in [2.05, 4.69) is 5.32 Å². The Bertz CT molecular complexity index is 991. The van der Waals surface area contributed by atoms with Crippen LogP contribution < -0.4 is 10.1 Å². The number of hydrogen-bond donors (Lipinski definition) is 1. The summed E-state index contributed by atoms with van der Waals surface area (Å²) >= 11 is 6.02. The summed E-state index contributed by atoms with van der Waals surface area (Å²) in [6.45, 7) is 4.21. The van der Waals surface area contributed by atoms with E-state index in [-0.39, 0.29) is 18.4 Å². The molecule has 0 radical (unpaired) electrons. The van der Waals surface area contributed by atoms with E-state index in [9.17, 15) is 9.59 Å². The first-order valence-electron chi connectivity index (χ1n) is 9.25. The molecule has 0 saturated heterocycles. The fourth-order valence-corrected chi connectivity index (χ4v) is 3.23. The van der Waals surface area contributed by atoms with Crippen molar-refractivity contribution in [1.82, 2.24) is 4.90 Å². The molecule has 3 rings (SSSR count). The van der Waals surface area contributed by atoms with Crippen molar-refractivity contribution in [3.63, 3.8) is 0 Å². The van der Waals surface area contributed by atoms with Crippen LogP contribution in [0.4, 0.5) is 5.69 Å². The highest BCUT2D eigenvalue weighted by atomic mass is 35.5. The molecule has 2 aromatic carbocycles. The first kappa shape index (κ1) is 20.7. The number of para-hydroxylation sites is 1. The molecule has 2 amide bonds. The molecule has 1 aliphatic rings. The van der Waals surface area contributed by atoms with E-state index < -0.39 is 0 Å². The summed E-state index contributed by atoms with van der Waals surface area (Å²) in [4.78, 5) is 26.1. The highest BCUT2D eigenvalue weighted by Crippen LogP contribution is 2.29. The van der Waals surface area contributed by atoms with Gasteiger partial charge < -0.3 is 15.0 Å². The van der Waals surface area contributed by atoms with Crippen molar-refractivity contribution in [2.45, 2.75) is 13.8 Å². The smallest absolute Gasteiger partial charge is 0.246 e. The fraction of sp³-hybridized carbons (Fsp3) is 0.217. The topological polar surface area (TPSA) is 58.6 Å². The Morgan fingerprint density at radius 3 is 2.66 bits per heavy atom. The van der Waals surface area contributed by atoms with Crippen molar-refractivity contribution in [3.05, 3.63) is 75.8 Å². The Morgan fingerprint density at radius 1 is 1.21 bits per heavy atom. The quantitative estimate of drug-likeness (QED) is 0.744. The minimum Gasteiger partial charge on any atom is -0.488 e. The molecule has 150 valence electrons. The van der Waals surface area contributed by atoms with Crippen LogP contribution in [0.2, 0.25) is 5.02 Å². The van der Waals surface area contributed by atoms with Gasteiger partial charge in [-0.15, -0.1) is 0 Å². The number of ether oxygens (including phenoxy) is 1. The van der Waals surface area contributed by atoms with Gasteiger partial charge in [0.25, 0.3) is 0 Å². The van der Waals surface area contributed by atoms with E-state index in [1.165, 1.54) is 11.0 Å². The number of carbonyl (C=O) groups is 2. The van der Waals surface area contributed by atoms with Crippen LogP contribution in [-0.2, 0) is 9.59 Å². The Balaban J connectivity index is 1.60. The number of rotatable bonds is 5. The average Bonchev–Trinajstić information content (AvgIpc) is 2.68. The van der Waals surface area contributed by atoms with Gasteiger partial charge in [-0.1, -0.05) is 35.9 Å². The molecule has 0 spiro atoms. The lowest BCUT2D eigenvalue weighted by molar-refractivity contribution is -0.129. The first-order valence-corrected chi connectivity index (χ1v) is 9.63. The third-order valence-electron chi connectivity index (χ3n) is 4.65. The Labute approximate surface area is 175 Å². The van der Waals surface area contributed by atoms with Crippen LogP contribution in [0.5, 0.6) is 5.75 Å². The number of aryl methyl sites for hydroxylation is 2. The standard InChI is InChI=1S/C23H23ClN2O3/c1-15-5-4-6-16(2)23(15)25-21(27)13-26(3)22(28)10-7-17-11-18-12-19(24)8-9-20(18)29-14-17/h4-12H,13-14H2,1-3H3,(H,25,27)/b10-7+. The zero-order chi connectivity index (χ0) is 21.0. The van der Waals surface area contributed by atoms with Crippen LogP contribution in [0.15, 0.2) is 54.1 Å². The lowest BCUT2D eigenvalue weighted by atomic mass is 10.1. The zero-order valence-corrected chi connectivity index (χ0v) is 17.4. The van der Waals surface area contributed by atoms with E-state index in [1.807, 2.05) is 50.3 Å². The Kier molecular flexibility index (Phi) is 6.39. The van der Waals surface area contributed by atoms with Crippen molar-refractivity contribution in [1.29, 1.82) is 0 Å². The summed E-state index contributed by atoms with van der Waals surface area (Å²) in [5.74, 6) is 0.257. The van der Waals surface area contributed by atoms with Gasteiger partial charge in [0.15, 0.2) is 0 Å². The van der Waals surface area contributed by atoms with Crippen LogP contribution >= 0.6 is 11.6 Å². The number of halogens is 1. The summed E-state index contributed by atoms with van der Waals surface area (Å²) in [5, 5.41) is 3.51. The number of carbonyl (C=O) groups excluding carboxylic acids is 2. The number of benzene rings is 2. The molecule has 1 aliphatic heterocycles. The maximum absolute atomic E-state index is 12.4. The second-order valence-electron chi connectivity index (χ2n) is 7.03. The number of hydrogen-bond acceptors (Lipinski definition) is 3. The number of fused-ring (bicyclic) bond motifs is 1. The van der Waals surface area contributed by atoms with Gasteiger partial charge in [0.2, 0.25) is 11.8 Å². The molecular weight excluding hydrogens is 388 g/mol. The van der Waals surface area contributed by atoms with Crippen molar-refractivity contribution < 1.29 is 14.3 Å². The third kappa shape index (κ3) is 5.27. The summed E-state index contributed by atoms with van der Waals surface area (Å²) in [7, 11) is 1.60. The van der Waals surface area contributed by atoms with Gasteiger partial charge in [0.05, 0.1) is 6.54 Å². The second-order valence-corrected chi connectivity index (χ2v) is 7.47. The number of amides is 2. The van der Waals surface area contributed by atoms with E-state index in [0.29, 0.717) is 11.6 Å². The molecule has 1 N–H and O–H groups in total. The number of nitrogens with one attached hydrogen (secondary N) is 1. The normalized spacial score (nSPS) is 12.8. The summed E-state index contributed by atoms with van der Waals surface area (Å²) in [5.41, 5.74) is 4.48. The van der Waals surface area contributed by atoms with Crippen LogP contribution in [0.3, 0.4) is 0 Å². The molecule has 0 bridgehead atoms. The lowest BCUT2D eigenvalue weighted by Gasteiger charge is -2.18. The zero-order valence-electron chi connectivity index (χ0n) is 16.7. The van der Waals surface area contributed by atoms with Gasteiger partial charge in [-0.05, 0) is 54.8 Å². The van der Waals surface area contributed by atoms with E-state index in [1.54, 1.807) is 19.2 Å². The van der Waals surface area contributed by atoms with Gasteiger partial charge in [0, 0.05) is 29.4 Å². The van der Waals surface area contributed by atoms with Crippen molar-refractivity contribution in [2.75, 3.05) is 25.5 Å². The molecule has 0 saturated carbocycles. The molecule has 0 atom stereocenters. The Hall–Kier alpha value is -3.05. The van der Waals surface area contributed by atoms with Crippen molar-refractivity contribution in [2.24, 2.45) is 0 Å². The largest absolute Gasteiger partial charge is 0.488 e. The summed E-state index contributed by atoms with van der Waals surface area (Å²) in [6, 6.07) is 11.2. The SMILES string of the molecule is Cc1cccc(C)c1NC(=O)CN(C)C(=O)/C=C/C1=Cc2cc(Cl)ccc2OC1. The molecule has 0 aromatic heterocycles. The molecule has 1 heterocycles. The molecule has 5 nitrogen and oxygen atoms in total. The number of likely N-dealkylation sites (N-methyl/N-ethyl adjacent to an activating group) is 1. The van der Waals surface area contributed by atoms with Crippen LogP contribution in [0.25, 0.3) is 6.08 Å². The van der Waals surface area contributed by atoms with Crippen LogP contribution in [0.1, 0.15) is 16.7 Å². The molecular formula is C23H23ClN2O3. The van der Waals surface area contributed by atoms with E-state index in [0.717, 1.165) is 33.7 Å². The highest BCUT2D eigenvalue weighted by molar-refractivity contribution is 6.30. The monoisotopic (exact) mass is 410 g/mol. The molecule has 2 aromatic rings. The second kappa shape index (κ2) is 8.97. The van der Waals surface area contributed by atoms with Crippen molar-refractivity contribution in [3.8, 4) is 5.75 Å². The molecule has 6 heteroatoms. The van der Waals surface area contributed by atoms with Crippen molar-refractivity contribution >= 4 is 35.2 Å². The number of anilines is 1. The van der Waals surface area contributed by atoms with Gasteiger partial charge in [-0.25, -0.2) is 0 Å². The van der Waals surface area contributed by atoms with Gasteiger partial charge >= 0.3 is 0 Å². The fourth-order valence-electron chi connectivity index (χ4n) is 3.05. The summed E-state index contributed by atoms with van der Waals surface area (Å²) < 4.78 is 5.67. The maximum Gasteiger partial charge on any atom is 0.246 e. The minimum atomic E-state index is -0.264. The Morgan fingerprint density at radius 2 is 1.93 bits per heavy atom. The van der Waals surface area contributed by atoms with Crippen LogP contribution in [0, 0.1) is 13.8 Å². The highest BCUT2D eigenvalue weighted by Gasteiger charge is 2.14. The minimum absolute atomic E-state index is 0.0368. The number of nitrogens with zero attached hydrogens (tertiary/aromatic N) is 1. The van der Waals surface area contributed by atoms with Gasteiger partial charge in [0.1, 0.15) is 12.4 Å². The third-order valence-corrected chi connectivity index (χ3v) is 4.88. The summed E-state index contributed by atoms with van der Waals surface area (Å²) in [6.07, 6.45) is 5.07. The first-order chi connectivity index (χ1) is 13.8. The van der Waals surface area contributed by atoms with Gasteiger partial charge in [-0.3, -0.25) is 9.59 Å².